The van der Waals surface area contributed by atoms with Gasteiger partial charge in [-0.2, -0.15) is 0 Å². The average Bonchev–Trinajstić information content (AvgIpc) is 2.98. The summed E-state index contributed by atoms with van der Waals surface area (Å²) in [6, 6.07) is 20.1. The van der Waals surface area contributed by atoms with E-state index in [0.29, 0.717) is 11.4 Å². The lowest BCUT2D eigenvalue weighted by Gasteiger charge is -2.05. The SMILES string of the molecule is Cc1ccc2c(c1)C(=Nc1ccc(S(=O)(=O)c3ccccc3)cc1)C(=O)N2. The summed E-state index contributed by atoms with van der Waals surface area (Å²) in [4.78, 5) is 17.1. The molecule has 0 aliphatic carbocycles. The van der Waals surface area contributed by atoms with Crippen LogP contribution in [-0.4, -0.2) is 20.0 Å². The summed E-state index contributed by atoms with van der Waals surface area (Å²) in [5, 5.41) is 2.79. The predicted octanol–water partition coefficient (Wildman–Crippen LogP) is 3.90. The van der Waals surface area contributed by atoms with Crippen LogP contribution in [0.25, 0.3) is 0 Å². The molecule has 0 saturated heterocycles. The van der Waals surface area contributed by atoms with Crippen LogP contribution in [0.5, 0.6) is 0 Å². The summed E-state index contributed by atoms with van der Waals surface area (Å²) in [5.41, 5.74) is 3.35. The van der Waals surface area contributed by atoms with Gasteiger partial charge in [0.25, 0.3) is 5.91 Å². The van der Waals surface area contributed by atoms with Crippen LogP contribution >= 0.6 is 0 Å². The number of fused-ring (bicyclic) bond motifs is 1. The van der Waals surface area contributed by atoms with Crippen molar-refractivity contribution in [3.63, 3.8) is 0 Å². The summed E-state index contributed by atoms with van der Waals surface area (Å²) in [6.07, 6.45) is 0. The van der Waals surface area contributed by atoms with E-state index in [4.69, 9.17) is 0 Å². The van der Waals surface area contributed by atoms with Crippen LogP contribution in [0.1, 0.15) is 11.1 Å². The van der Waals surface area contributed by atoms with Crippen LogP contribution in [0.2, 0.25) is 0 Å². The first-order chi connectivity index (χ1) is 12.9. The molecule has 1 aliphatic rings. The molecular formula is C21H16N2O3S. The molecule has 0 spiro atoms. The van der Waals surface area contributed by atoms with Crippen LogP contribution in [0.15, 0.2) is 87.6 Å². The fraction of sp³-hybridized carbons (Fsp3) is 0.0476. The summed E-state index contributed by atoms with van der Waals surface area (Å²) in [6.45, 7) is 1.95. The highest BCUT2D eigenvalue weighted by molar-refractivity contribution is 7.91. The molecule has 1 heterocycles. The van der Waals surface area contributed by atoms with E-state index >= 15 is 0 Å². The Morgan fingerprint density at radius 1 is 0.852 bits per heavy atom. The summed E-state index contributed by atoms with van der Waals surface area (Å²) < 4.78 is 25.3. The Bertz CT molecular complexity index is 1170. The number of anilines is 1. The van der Waals surface area contributed by atoms with E-state index in [2.05, 4.69) is 10.3 Å². The zero-order chi connectivity index (χ0) is 19.0. The van der Waals surface area contributed by atoms with Crippen LogP contribution in [-0.2, 0) is 14.6 Å². The van der Waals surface area contributed by atoms with Crippen molar-refractivity contribution in [1.29, 1.82) is 0 Å². The van der Waals surface area contributed by atoms with Crippen molar-refractivity contribution in [3.8, 4) is 0 Å². The standard InChI is InChI=1S/C21H16N2O3S/c1-14-7-12-19-18(13-14)20(21(24)23-19)22-15-8-10-17(11-9-15)27(25,26)16-5-3-2-4-6-16/h2-13H,1H3,(H,22,23,24). The molecule has 5 nitrogen and oxygen atoms in total. The third-order valence-corrected chi connectivity index (χ3v) is 6.12. The maximum Gasteiger partial charge on any atom is 0.275 e. The molecule has 0 radical (unpaired) electrons. The third kappa shape index (κ3) is 3.15. The molecule has 6 heteroatoms. The number of benzene rings is 3. The minimum Gasteiger partial charge on any atom is -0.320 e. The van der Waals surface area contributed by atoms with Gasteiger partial charge in [0, 0.05) is 5.56 Å². The van der Waals surface area contributed by atoms with Gasteiger partial charge in [-0.25, -0.2) is 13.4 Å². The largest absolute Gasteiger partial charge is 0.320 e. The Morgan fingerprint density at radius 3 is 2.22 bits per heavy atom. The quantitative estimate of drug-likeness (QED) is 0.753. The second kappa shape index (κ2) is 6.48. The Balaban J connectivity index is 1.69. The fourth-order valence-corrected chi connectivity index (χ4v) is 4.22. The number of rotatable bonds is 3. The molecule has 0 fully saturated rings. The minimum absolute atomic E-state index is 0.185. The minimum atomic E-state index is -3.58. The number of hydrogen-bond acceptors (Lipinski definition) is 4. The molecule has 134 valence electrons. The van der Waals surface area contributed by atoms with E-state index in [9.17, 15) is 13.2 Å². The number of hydrogen-bond donors (Lipinski definition) is 1. The monoisotopic (exact) mass is 376 g/mol. The molecule has 27 heavy (non-hydrogen) atoms. The van der Waals surface area contributed by atoms with Crippen molar-refractivity contribution in [2.24, 2.45) is 4.99 Å². The van der Waals surface area contributed by atoms with Crippen LogP contribution in [0.3, 0.4) is 0 Å². The van der Waals surface area contributed by atoms with E-state index < -0.39 is 9.84 Å². The third-order valence-electron chi connectivity index (χ3n) is 4.33. The predicted molar refractivity (Wildman–Crippen MR) is 104 cm³/mol. The molecule has 0 unspecified atom stereocenters. The normalized spacial score (nSPS) is 14.9. The maximum atomic E-state index is 12.6. The molecule has 0 aromatic heterocycles. The first kappa shape index (κ1) is 17.2. The highest BCUT2D eigenvalue weighted by atomic mass is 32.2. The van der Waals surface area contributed by atoms with Gasteiger partial charge in [-0.1, -0.05) is 29.8 Å². The van der Waals surface area contributed by atoms with Gasteiger partial charge in [0.05, 0.1) is 21.2 Å². The van der Waals surface area contributed by atoms with Crippen molar-refractivity contribution in [3.05, 3.63) is 83.9 Å². The molecule has 0 atom stereocenters. The zero-order valence-corrected chi connectivity index (χ0v) is 15.3. The molecule has 0 bridgehead atoms. The first-order valence-corrected chi connectivity index (χ1v) is 9.85. The molecule has 0 saturated carbocycles. The van der Waals surface area contributed by atoms with Crippen molar-refractivity contribution in [2.75, 3.05) is 5.32 Å². The summed E-state index contributed by atoms with van der Waals surface area (Å²) >= 11 is 0. The number of nitrogens with zero attached hydrogens (tertiary/aromatic N) is 1. The summed E-state index contributed by atoms with van der Waals surface area (Å²) in [5.74, 6) is -0.267. The van der Waals surface area contributed by atoms with Crippen molar-refractivity contribution in [2.45, 2.75) is 16.7 Å². The molecule has 3 aromatic rings. The number of carbonyl (C=O) groups excluding carboxylic acids is 1. The Morgan fingerprint density at radius 2 is 1.52 bits per heavy atom. The second-order valence-corrected chi connectivity index (χ2v) is 8.22. The van der Waals surface area contributed by atoms with E-state index in [1.165, 1.54) is 12.1 Å². The average molecular weight is 376 g/mol. The lowest BCUT2D eigenvalue weighted by atomic mass is 10.1. The highest BCUT2D eigenvalue weighted by Gasteiger charge is 2.26. The van der Waals surface area contributed by atoms with Crippen LogP contribution in [0, 0.1) is 6.92 Å². The summed E-state index contributed by atoms with van der Waals surface area (Å²) in [7, 11) is -3.58. The van der Waals surface area contributed by atoms with Crippen LogP contribution in [0.4, 0.5) is 11.4 Å². The van der Waals surface area contributed by atoms with E-state index in [0.717, 1.165) is 16.8 Å². The van der Waals surface area contributed by atoms with Gasteiger partial charge in [0.2, 0.25) is 9.84 Å². The molecule has 1 N–H and O–H groups in total. The number of amides is 1. The van der Waals surface area contributed by atoms with Crippen molar-refractivity contribution in [1.82, 2.24) is 0 Å². The van der Waals surface area contributed by atoms with Crippen LogP contribution < -0.4 is 5.32 Å². The molecule has 1 amide bonds. The lowest BCUT2D eigenvalue weighted by molar-refractivity contribution is -0.110. The number of aliphatic imine (C=N–C) groups is 1. The smallest absolute Gasteiger partial charge is 0.275 e. The van der Waals surface area contributed by atoms with Gasteiger partial charge in [0.15, 0.2) is 0 Å². The van der Waals surface area contributed by atoms with E-state index in [1.54, 1.807) is 42.5 Å². The number of nitrogens with one attached hydrogen (secondary N) is 1. The molecule has 4 rings (SSSR count). The maximum absolute atomic E-state index is 12.6. The van der Waals surface area contributed by atoms with Gasteiger partial charge in [-0.15, -0.1) is 0 Å². The highest BCUT2D eigenvalue weighted by Crippen LogP contribution is 2.28. The number of carbonyl (C=O) groups is 1. The fourth-order valence-electron chi connectivity index (χ4n) is 2.94. The van der Waals surface area contributed by atoms with Crippen molar-refractivity contribution >= 4 is 32.8 Å². The molecule has 1 aliphatic heterocycles. The molecular weight excluding hydrogens is 360 g/mol. The lowest BCUT2D eigenvalue weighted by Crippen LogP contribution is -2.13. The number of aryl methyl sites for hydroxylation is 1. The Labute approximate surface area is 157 Å². The van der Waals surface area contributed by atoms with Gasteiger partial charge in [0.1, 0.15) is 5.71 Å². The topological polar surface area (TPSA) is 75.6 Å². The Kier molecular flexibility index (Phi) is 4.12. The van der Waals surface area contributed by atoms with Crippen molar-refractivity contribution < 1.29 is 13.2 Å². The zero-order valence-electron chi connectivity index (χ0n) is 14.5. The van der Waals surface area contributed by atoms with Gasteiger partial charge < -0.3 is 5.32 Å². The van der Waals surface area contributed by atoms with Gasteiger partial charge in [-0.05, 0) is 55.5 Å². The van der Waals surface area contributed by atoms with E-state index in [1.807, 2.05) is 25.1 Å². The molecule has 3 aromatic carbocycles. The van der Waals surface area contributed by atoms with Gasteiger partial charge in [-0.3, -0.25) is 4.79 Å². The van der Waals surface area contributed by atoms with E-state index in [-0.39, 0.29) is 15.7 Å². The second-order valence-electron chi connectivity index (χ2n) is 6.27. The van der Waals surface area contributed by atoms with Gasteiger partial charge >= 0.3 is 0 Å². The first-order valence-electron chi connectivity index (χ1n) is 8.36. The Hall–Kier alpha value is -3.25. The number of sulfone groups is 1.